The Morgan fingerprint density at radius 1 is 1.26 bits per heavy atom. The second kappa shape index (κ2) is 7.44. The van der Waals surface area contributed by atoms with Crippen LogP contribution in [0.15, 0.2) is 45.5 Å². The maximum atomic E-state index is 12.1. The fourth-order valence-corrected chi connectivity index (χ4v) is 2.55. The van der Waals surface area contributed by atoms with Gasteiger partial charge in [0, 0.05) is 11.1 Å². The molecule has 2 aromatic heterocycles. The van der Waals surface area contributed by atoms with Crippen LogP contribution >= 0.6 is 11.6 Å². The summed E-state index contributed by atoms with van der Waals surface area (Å²) in [5.41, 5.74) is 1.07. The lowest BCUT2D eigenvalue weighted by molar-refractivity contribution is 0.0996. The molecule has 2 N–H and O–H groups in total. The lowest BCUT2D eigenvalue weighted by Crippen LogP contribution is -2.14. The van der Waals surface area contributed by atoms with Gasteiger partial charge in [-0.3, -0.25) is 4.79 Å². The Kier molecular flexibility index (Phi) is 5.23. The van der Waals surface area contributed by atoms with Crippen molar-refractivity contribution in [3.8, 4) is 0 Å². The van der Waals surface area contributed by atoms with Gasteiger partial charge in [-0.25, -0.2) is 0 Å². The number of nitrogens with zero attached hydrogens (tertiary/aromatic N) is 2. The monoisotopic (exact) mass is 388 g/mol. The number of amides is 1. The second-order valence-electron chi connectivity index (χ2n) is 7.20. The van der Waals surface area contributed by atoms with Gasteiger partial charge < -0.3 is 19.6 Å². The number of halogens is 1. The predicted octanol–water partition coefficient (Wildman–Crippen LogP) is 5.04. The van der Waals surface area contributed by atoms with Crippen molar-refractivity contribution in [3.63, 3.8) is 0 Å². The topological polar surface area (TPSA) is 93.2 Å². The van der Waals surface area contributed by atoms with Crippen LogP contribution in [0.2, 0.25) is 5.02 Å². The molecular weight excluding hydrogens is 368 g/mol. The molecule has 1 atom stereocenters. The highest BCUT2D eigenvalue weighted by Gasteiger charge is 2.23. The molecule has 0 saturated carbocycles. The van der Waals surface area contributed by atoms with E-state index in [9.17, 15) is 4.79 Å². The first-order chi connectivity index (χ1) is 12.7. The van der Waals surface area contributed by atoms with Gasteiger partial charge in [-0.05, 0) is 37.3 Å². The van der Waals surface area contributed by atoms with Crippen LogP contribution in [0.3, 0.4) is 0 Å². The molecule has 1 amide bonds. The van der Waals surface area contributed by atoms with Crippen molar-refractivity contribution < 1.29 is 13.7 Å². The average Bonchev–Trinajstić information content (AvgIpc) is 3.28. The Morgan fingerprint density at radius 3 is 2.63 bits per heavy atom. The molecule has 7 nitrogen and oxygen atoms in total. The standard InChI is InChI=1S/C19H21ClN4O3/c1-11(17-23-18(24-27-17)19(2,3)4)21-12-7-8-14(13(20)10-12)22-16(25)15-6-5-9-26-15/h5-11,21H,1-4H3,(H,22,25). The minimum atomic E-state index is -0.364. The predicted molar refractivity (Wildman–Crippen MR) is 103 cm³/mol. The molecule has 0 aliphatic rings. The SMILES string of the molecule is CC(Nc1ccc(NC(=O)c2ccco2)c(Cl)c1)c1nc(C(C)(C)C)no1. The van der Waals surface area contributed by atoms with Crippen molar-refractivity contribution in [2.24, 2.45) is 0 Å². The van der Waals surface area contributed by atoms with E-state index in [4.69, 9.17) is 20.5 Å². The van der Waals surface area contributed by atoms with Gasteiger partial charge in [0.2, 0.25) is 5.89 Å². The summed E-state index contributed by atoms with van der Waals surface area (Å²) in [5, 5.41) is 10.4. The maximum absolute atomic E-state index is 12.1. The van der Waals surface area contributed by atoms with Gasteiger partial charge in [0.1, 0.15) is 6.04 Å². The van der Waals surface area contributed by atoms with Gasteiger partial charge in [0.25, 0.3) is 5.91 Å². The number of carbonyl (C=O) groups excluding carboxylic acids is 1. The summed E-state index contributed by atoms with van der Waals surface area (Å²) >= 11 is 6.29. The van der Waals surface area contributed by atoms with Crippen LogP contribution in [0.4, 0.5) is 11.4 Å². The lowest BCUT2D eigenvalue weighted by Gasteiger charge is -2.14. The highest BCUT2D eigenvalue weighted by molar-refractivity contribution is 6.34. The largest absolute Gasteiger partial charge is 0.459 e. The van der Waals surface area contributed by atoms with E-state index >= 15 is 0 Å². The Morgan fingerprint density at radius 2 is 2.04 bits per heavy atom. The van der Waals surface area contributed by atoms with Crippen LogP contribution in [0, 0.1) is 0 Å². The van der Waals surface area contributed by atoms with Crippen LogP contribution in [0.5, 0.6) is 0 Å². The van der Waals surface area contributed by atoms with E-state index in [0.717, 1.165) is 5.69 Å². The lowest BCUT2D eigenvalue weighted by atomic mass is 9.96. The quantitative estimate of drug-likeness (QED) is 0.636. The Balaban J connectivity index is 1.68. The number of nitrogens with one attached hydrogen (secondary N) is 2. The molecule has 0 radical (unpaired) electrons. The molecular formula is C19H21ClN4O3. The van der Waals surface area contributed by atoms with Gasteiger partial charge in [0.15, 0.2) is 11.6 Å². The van der Waals surface area contributed by atoms with Crippen LogP contribution < -0.4 is 10.6 Å². The molecule has 1 aromatic carbocycles. The van der Waals surface area contributed by atoms with Gasteiger partial charge in [-0.15, -0.1) is 0 Å². The highest BCUT2D eigenvalue weighted by atomic mass is 35.5. The zero-order valence-electron chi connectivity index (χ0n) is 15.5. The minimum absolute atomic E-state index is 0.182. The Bertz CT molecular complexity index is 929. The first-order valence-corrected chi connectivity index (χ1v) is 8.87. The first-order valence-electron chi connectivity index (χ1n) is 8.49. The van der Waals surface area contributed by atoms with E-state index in [1.165, 1.54) is 6.26 Å². The molecule has 3 aromatic rings. The summed E-state index contributed by atoms with van der Waals surface area (Å²) < 4.78 is 10.4. The van der Waals surface area contributed by atoms with Gasteiger partial charge in [-0.1, -0.05) is 37.5 Å². The number of hydrogen-bond acceptors (Lipinski definition) is 6. The molecule has 0 spiro atoms. The van der Waals surface area contributed by atoms with E-state index in [0.29, 0.717) is 22.4 Å². The third-order valence-electron chi connectivity index (χ3n) is 3.83. The van der Waals surface area contributed by atoms with Crippen molar-refractivity contribution in [2.75, 3.05) is 10.6 Å². The molecule has 142 valence electrons. The Labute approximate surface area is 162 Å². The van der Waals surface area contributed by atoms with E-state index in [-0.39, 0.29) is 23.1 Å². The van der Waals surface area contributed by atoms with Crippen LogP contribution in [-0.4, -0.2) is 16.0 Å². The summed E-state index contributed by atoms with van der Waals surface area (Å²) in [6.45, 7) is 7.99. The summed E-state index contributed by atoms with van der Waals surface area (Å²) in [5.74, 6) is 0.996. The maximum Gasteiger partial charge on any atom is 0.291 e. The zero-order valence-corrected chi connectivity index (χ0v) is 16.3. The van der Waals surface area contributed by atoms with Crippen molar-refractivity contribution in [1.82, 2.24) is 10.1 Å². The van der Waals surface area contributed by atoms with Crippen molar-refractivity contribution in [1.29, 1.82) is 0 Å². The molecule has 1 unspecified atom stereocenters. The van der Waals surface area contributed by atoms with Gasteiger partial charge >= 0.3 is 0 Å². The minimum Gasteiger partial charge on any atom is -0.459 e. The molecule has 0 aliphatic carbocycles. The molecule has 8 heteroatoms. The summed E-state index contributed by atoms with van der Waals surface area (Å²) in [4.78, 5) is 16.5. The molecule has 0 fully saturated rings. The van der Waals surface area contributed by atoms with Crippen LogP contribution in [0.1, 0.15) is 56.0 Å². The fourth-order valence-electron chi connectivity index (χ4n) is 2.33. The smallest absolute Gasteiger partial charge is 0.291 e. The summed E-state index contributed by atoms with van der Waals surface area (Å²) in [6.07, 6.45) is 1.44. The van der Waals surface area contributed by atoms with Gasteiger partial charge in [-0.2, -0.15) is 4.98 Å². The third kappa shape index (κ3) is 4.49. The average molecular weight is 389 g/mol. The number of anilines is 2. The number of benzene rings is 1. The normalized spacial score (nSPS) is 12.6. The van der Waals surface area contributed by atoms with Crippen LogP contribution in [0.25, 0.3) is 0 Å². The van der Waals surface area contributed by atoms with E-state index < -0.39 is 0 Å². The molecule has 27 heavy (non-hydrogen) atoms. The van der Waals surface area contributed by atoms with Crippen molar-refractivity contribution in [2.45, 2.75) is 39.2 Å². The van der Waals surface area contributed by atoms with E-state index in [1.807, 2.05) is 27.7 Å². The number of rotatable bonds is 5. The number of aromatic nitrogens is 2. The molecule has 0 saturated heterocycles. The van der Waals surface area contributed by atoms with Crippen LogP contribution in [-0.2, 0) is 5.41 Å². The van der Waals surface area contributed by atoms with E-state index in [2.05, 4.69) is 20.8 Å². The van der Waals surface area contributed by atoms with E-state index in [1.54, 1.807) is 30.3 Å². The zero-order chi connectivity index (χ0) is 19.6. The van der Waals surface area contributed by atoms with Crippen molar-refractivity contribution in [3.05, 3.63) is 59.1 Å². The first kappa shape index (κ1) is 19.0. The summed E-state index contributed by atoms with van der Waals surface area (Å²) in [6, 6.07) is 8.27. The molecule has 0 aliphatic heterocycles. The van der Waals surface area contributed by atoms with Gasteiger partial charge in [0.05, 0.1) is 17.0 Å². The second-order valence-corrected chi connectivity index (χ2v) is 7.61. The number of carbonyl (C=O) groups is 1. The Hall–Kier alpha value is -2.80. The molecule has 2 heterocycles. The third-order valence-corrected chi connectivity index (χ3v) is 4.14. The molecule has 0 bridgehead atoms. The van der Waals surface area contributed by atoms with Crippen molar-refractivity contribution >= 4 is 28.9 Å². The highest BCUT2D eigenvalue weighted by Crippen LogP contribution is 2.28. The number of furan rings is 1. The molecule has 3 rings (SSSR count). The number of hydrogen-bond donors (Lipinski definition) is 2. The summed E-state index contributed by atoms with van der Waals surface area (Å²) in [7, 11) is 0. The fraction of sp³-hybridized carbons (Fsp3) is 0.316.